The smallest absolute Gasteiger partial charge is 0.356 e. The van der Waals surface area contributed by atoms with Crippen molar-refractivity contribution in [1.82, 2.24) is 14.7 Å². The van der Waals surface area contributed by atoms with Gasteiger partial charge in [0, 0.05) is 36.5 Å². The van der Waals surface area contributed by atoms with Gasteiger partial charge in [0.15, 0.2) is 5.69 Å². The van der Waals surface area contributed by atoms with Crippen molar-refractivity contribution in [2.45, 2.75) is 19.9 Å². The van der Waals surface area contributed by atoms with Crippen LogP contribution >= 0.6 is 15.9 Å². The molecule has 22 heavy (non-hydrogen) atoms. The maximum Gasteiger partial charge on any atom is 0.356 e. The lowest BCUT2D eigenvalue weighted by molar-refractivity contribution is -0.129. The normalized spacial score (nSPS) is 13.8. The first-order valence-electron chi connectivity index (χ1n) is 6.83. The summed E-state index contributed by atoms with van der Waals surface area (Å²) in [5, 5.41) is 13.6. The van der Waals surface area contributed by atoms with Crippen LogP contribution in [0.3, 0.4) is 0 Å². The summed E-state index contributed by atoms with van der Waals surface area (Å²) in [7, 11) is 0. The number of hydrogen-bond donors (Lipinski definition) is 1. The lowest BCUT2D eigenvalue weighted by Gasteiger charge is -2.26. The number of aromatic nitrogens is 2. The molecule has 0 saturated heterocycles. The number of carbonyl (C=O) groups is 2. The Bertz CT molecular complexity index is 769. The van der Waals surface area contributed by atoms with Crippen molar-refractivity contribution in [3.8, 4) is 5.69 Å². The van der Waals surface area contributed by atoms with E-state index in [1.165, 1.54) is 6.92 Å². The molecule has 2 aromatic rings. The Labute approximate surface area is 135 Å². The molecule has 2 heterocycles. The van der Waals surface area contributed by atoms with Crippen molar-refractivity contribution in [3.05, 3.63) is 45.7 Å². The molecular weight excluding hydrogens is 350 g/mol. The third-order valence-electron chi connectivity index (χ3n) is 3.76. The van der Waals surface area contributed by atoms with Gasteiger partial charge < -0.3 is 10.0 Å². The van der Waals surface area contributed by atoms with E-state index in [1.807, 2.05) is 24.3 Å². The zero-order valence-corrected chi connectivity index (χ0v) is 13.5. The number of hydrogen-bond acceptors (Lipinski definition) is 3. The highest BCUT2D eigenvalue weighted by Crippen LogP contribution is 2.26. The molecule has 0 radical (unpaired) electrons. The molecule has 3 rings (SSSR count). The minimum Gasteiger partial charge on any atom is -0.476 e. The molecule has 1 aromatic heterocycles. The molecule has 0 aliphatic carbocycles. The summed E-state index contributed by atoms with van der Waals surface area (Å²) in [6, 6.07) is 7.53. The standard InChI is InChI=1S/C15H14BrN3O3/c1-9(20)18-6-5-13-12(8-18)14(15(21)22)17-19(13)11-4-2-3-10(16)7-11/h2-4,7H,5-6,8H2,1H3,(H,21,22). The number of fused-ring (bicyclic) bond motifs is 1. The van der Waals surface area contributed by atoms with E-state index in [1.54, 1.807) is 9.58 Å². The fraction of sp³-hybridized carbons (Fsp3) is 0.267. The fourth-order valence-electron chi connectivity index (χ4n) is 2.68. The molecule has 0 atom stereocenters. The average Bonchev–Trinajstić information content (AvgIpc) is 2.86. The topological polar surface area (TPSA) is 75.4 Å². The first kappa shape index (κ1) is 14.8. The molecule has 1 aromatic carbocycles. The summed E-state index contributed by atoms with van der Waals surface area (Å²) in [6.07, 6.45) is 0.585. The van der Waals surface area contributed by atoms with Gasteiger partial charge >= 0.3 is 5.97 Å². The van der Waals surface area contributed by atoms with Crippen molar-refractivity contribution in [3.63, 3.8) is 0 Å². The highest BCUT2D eigenvalue weighted by atomic mass is 79.9. The quantitative estimate of drug-likeness (QED) is 0.887. The lowest BCUT2D eigenvalue weighted by atomic mass is 10.0. The van der Waals surface area contributed by atoms with Gasteiger partial charge in [0.1, 0.15) is 0 Å². The number of benzene rings is 1. The van der Waals surface area contributed by atoms with E-state index in [9.17, 15) is 14.7 Å². The SMILES string of the molecule is CC(=O)N1CCc2c(c(C(=O)O)nn2-c2cccc(Br)c2)C1. The molecule has 0 saturated carbocycles. The second-order valence-electron chi connectivity index (χ2n) is 5.16. The summed E-state index contributed by atoms with van der Waals surface area (Å²) < 4.78 is 2.56. The van der Waals surface area contributed by atoms with Crippen LogP contribution in [-0.4, -0.2) is 38.2 Å². The lowest BCUT2D eigenvalue weighted by Crippen LogP contribution is -2.35. The van der Waals surface area contributed by atoms with E-state index in [-0.39, 0.29) is 11.6 Å². The Kier molecular flexibility index (Phi) is 3.74. The highest BCUT2D eigenvalue weighted by Gasteiger charge is 2.29. The van der Waals surface area contributed by atoms with Crippen LogP contribution in [0.4, 0.5) is 0 Å². The maximum absolute atomic E-state index is 11.6. The molecule has 1 N–H and O–H groups in total. The third-order valence-corrected chi connectivity index (χ3v) is 4.25. The second kappa shape index (κ2) is 5.57. The van der Waals surface area contributed by atoms with Crippen LogP contribution in [0.25, 0.3) is 5.69 Å². The summed E-state index contributed by atoms with van der Waals surface area (Å²) in [6.45, 7) is 2.35. The van der Waals surface area contributed by atoms with Crippen LogP contribution in [0, 0.1) is 0 Å². The van der Waals surface area contributed by atoms with Crippen LogP contribution in [-0.2, 0) is 17.8 Å². The zero-order chi connectivity index (χ0) is 15.9. The van der Waals surface area contributed by atoms with Crippen molar-refractivity contribution in [1.29, 1.82) is 0 Å². The van der Waals surface area contributed by atoms with Gasteiger partial charge in [0.25, 0.3) is 0 Å². The number of carbonyl (C=O) groups excluding carboxylic acids is 1. The van der Waals surface area contributed by atoms with Crippen LogP contribution in [0.5, 0.6) is 0 Å². The Balaban J connectivity index is 2.13. The minimum absolute atomic E-state index is 0.0147. The van der Waals surface area contributed by atoms with Crippen molar-refractivity contribution in [2.75, 3.05) is 6.54 Å². The molecule has 0 unspecified atom stereocenters. The van der Waals surface area contributed by atoms with Crippen LogP contribution in [0.15, 0.2) is 28.7 Å². The van der Waals surface area contributed by atoms with Gasteiger partial charge in [-0.1, -0.05) is 22.0 Å². The van der Waals surface area contributed by atoms with Gasteiger partial charge in [0.05, 0.1) is 11.4 Å². The average molecular weight is 364 g/mol. The number of carboxylic acid groups (broad SMARTS) is 1. The van der Waals surface area contributed by atoms with Crippen LogP contribution < -0.4 is 0 Å². The Morgan fingerprint density at radius 3 is 2.77 bits per heavy atom. The van der Waals surface area contributed by atoms with E-state index >= 15 is 0 Å². The van der Waals surface area contributed by atoms with Gasteiger partial charge in [-0.25, -0.2) is 9.48 Å². The van der Waals surface area contributed by atoms with Gasteiger partial charge in [0.2, 0.25) is 5.91 Å². The van der Waals surface area contributed by atoms with Crippen molar-refractivity contribution in [2.24, 2.45) is 0 Å². The number of rotatable bonds is 2. The van der Waals surface area contributed by atoms with Crippen molar-refractivity contribution < 1.29 is 14.7 Å². The molecule has 1 aliphatic heterocycles. The molecular formula is C15H14BrN3O3. The summed E-state index contributed by atoms with van der Waals surface area (Å²) in [5.41, 5.74) is 2.29. The predicted molar refractivity (Wildman–Crippen MR) is 83.0 cm³/mol. The van der Waals surface area contributed by atoms with E-state index < -0.39 is 5.97 Å². The van der Waals surface area contributed by atoms with E-state index in [4.69, 9.17) is 0 Å². The predicted octanol–water partition coefficient (Wildman–Crippen LogP) is 2.24. The van der Waals surface area contributed by atoms with E-state index in [0.717, 1.165) is 15.9 Å². The number of aromatic carboxylic acids is 1. The molecule has 0 fully saturated rings. The number of carboxylic acids is 1. The second-order valence-corrected chi connectivity index (χ2v) is 6.08. The Morgan fingerprint density at radius 2 is 2.14 bits per heavy atom. The minimum atomic E-state index is -1.07. The van der Waals surface area contributed by atoms with E-state index in [2.05, 4.69) is 21.0 Å². The first-order valence-corrected chi connectivity index (χ1v) is 7.62. The number of halogens is 1. The Hall–Kier alpha value is -2.15. The number of nitrogens with zero attached hydrogens (tertiary/aromatic N) is 3. The molecule has 1 aliphatic rings. The number of amides is 1. The Morgan fingerprint density at radius 1 is 1.36 bits per heavy atom. The molecule has 1 amide bonds. The molecule has 6 nitrogen and oxygen atoms in total. The third kappa shape index (κ3) is 2.52. The summed E-state index contributed by atoms with van der Waals surface area (Å²) >= 11 is 3.41. The fourth-order valence-corrected chi connectivity index (χ4v) is 3.07. The summed E-state index contributed by atoms with van der Waals surface area (Å²) in [5.74, 6) is -1.13. The largest absolute Gasteiger partial charge is 0.476 e. The molecule has 0 spiro atoms. The van der Waals surface area contributed by atoms with Crippen LogP contribution in [0.2, 0.25) is 0 Å². The van der Waals surface area contributed by atoms with Gasteiger partial charge in [-0.15, -0.1) is 0 Å². The van der Waals surface area contributed by atoms with Crippen molar-refractivity contribution >= 4 is 27.8 Å². The highest BCUT2D eigenvalue weighted by molar-refractivity contribution is 9.10. The van der Waals surface area contributed by atoms with Gasteiger partial charge in [-0.2, -0.15) is 5.10 Å². The van der Waals surface area contributed by atoms with Gasteiger partial charge in [-0.3, -0.25) is 4.79 Å². The molecule has 114 valence electrons. The summed E-state index contributed by atoms with van der Waals surface area (Å²) in [4.78, 5) is 24.7. The monoisotopic (exact) mass is 363 g/mol. The molecule has 7 heteroatoms. The zero-order valence-electron chi connectivity index (χ0n) is 11.9. The van der Waals surface area contributed by atoms with Gasteiger partial charge in [-0.05, 0) is 18.2 Å². The van der Waals surface area contributed by atoms with Crippen LogP contribution in [0.1, 0.15) is 28.7 Å². The molecule has 0 bridgehead atoms. The van der Waals surface area contributed by atoms with E-state index in [0.29, 0.717) is 25.1 Å². The maximum atomic E-state index is 11.6. The first-order chi connectivity index (χ1) is 10.5.